The summed E-state index contributed by atoms with van der Waals surface area (Å²) in [6.07, 6.45) is 2.23. The molecular weight excluding hydrogens is 254 g/mol. The number of carbonyl (C=O) groups excluding carboxylic acids is 1. The predicted octanol–water partition coefficient (Wildman–Crippen LogP) is 2.13. The van der Waals surface area contributed by atoms with E-state index in [4.69, 9.17) is 9.47 Å². The van der Waals surface area contributed by atoms with E-state index in [-0.39, 0.29) is 12.0 Å². The van der Waals surface area contributed by atoms with Crippen LogP contribution in [-0.2, 0) is 16.0 Å². The van der Waals surface area contributed by atoms with Gasteiger partial charge in [0.05, 0.1) is 26.2 Å². The van der Waals surface area contributed by atoms with Gasteiger partial charge in [0.15, 0.2) is 0 Å². The number of hydrogen-bond acceptors (Lipinski definition) is 3. The Labute approximate surface area is 120 Å². The molecule has 4 heteroatoms. The van der Waals surface area contributed by atoms with Crippen molar-refractivity contribution < 1.29 is 14.3 Å². The highest BCUT2D eigenvalue weighted by Gasteiger charge is 2.22. The van der Waals surface area contributed by atoms with Crippen LogP contribution >= 0.6 is 0 Å². The van der Waals surface area contributed by atoms with E-state index in [1.54, 1.807) is 13.2 Å². The Morgan fingerprint density at radius 3 is 3.05 bits per heavy atom. The zero-order valence-corrected chi connectivity index (χ0v) is 12.1. The van der Waals surface area contributed by atoms with Gasteiger partial charge in [-0.25, -0.2) is 0 Å². The highest BCUT2D eigenvalue weighted by atomic mass is 16.5. The molecule has 108 valence electrons. The molecule has 0 saturated carbocycles. The second-order valence-corrected chi connectivity index (χ2v) is 4.97. The van der Waals surface area contributed by atoms with Crippen molar-refractivity contribution in [3.8, 4) is 5.75 Å². The SMILES string of the molecule is C=Cc1ccc(CC(=O)N2CCOC(C)C2)c(OC)c1. The molecule has 1 aliphatic heterocycles. The summed E-state index contributed by atoms with van der Waals surface area (Å²) in [5.74, 6) is 0.849. The summed E-state index contributed by atoms with van der Waals surface area (Å²) in [4.78, 5) is 14.2. The zero-order chi connectivity index (χ0) is 14.5. The van der Waals surface area contributed by atoms with Gasteiger partial charge >= 0.3 is 0 Å². The first kappa shape index (κ1) is 14.6. The summed E-state index contributed by atoms with van der Waals surface area (Å²) < 4.78 is 10.8. The molecule has 0 aromatic heterocycles. The minimum Gasteiger partial charge on any atom is -0.496 e. The van der Waals surface area contributed by atoms with Gasteiger partial charge in [0.2, 0.25) is 5.91 Å². The van der Waals surface area contributed by atoms with Crippen LogP contribution in [0.15, 0.2) is 24.8 Å². The number of ether oxygens (including phenoxy) is 2. The summed E-state index contributed by atoms with van der Waals surface area (Å²) in [6, 6.07) is 5.77. The number of benzene rings is 1. The first-order valence-corrected chi connectivity index (χ1v) is 6.82. The van der Waals surface area contributed by atoms with Gasteiger partial charge in [-0.15, -0.1) is 0 Å². The minimum atomic E-state index is 0.109. The Morgan fingerprint density at radius 2 is 2.40 bits per heavy atom. The third-order valence-corrected chi connectivity index (χ3v) is 3.48. The van der Waals surface area contributed by atoms with Crippen molar-refractivity contribution in [2.24, 2.45) is 0 Å². The fourth-order valence-electron chi connectivity index (χ4n) is 2.35. The minimum absolute atomic E-state index is 0.109. The summed E-state index contributed by atoms with van der Waals surface area (Å²) in [6.45, 7) is 7.65. The van der Waals surface area contributed by atoms with Crippen molar-refractivity contribution in [3.05, 3.63) is 35.9 Å². The largest absolute Gasteiger partial charge is 0.496 e. The maximum absolute atomic E-state index is 12.3. The quantitative estimate of drug-likeness (QED) is 0.845. The van der Waals surface area contributed by atoms with Gasteiger partial charge in [-0.3, -0.25) is 4.79 Å². The van der Waals surface area contributed by atoms with Crippen LogP contribution in [-0.4, -0.2) is 43.7 Å². The van der Waals surface area contributed by atoms with E-state index in [1.165, 1.54) is 0 Å². The Kier molecular flexibility index (Phi) is 4.79. The number of morpholine rings is 1. The van der Waals surface area contributed by atoms with Gasteiger partial charge in [0.1, 0.15) is 5.75 Å². The van der Waals surface area contributed by atoms with E-state index in [2.05, 4.69) is 6.58 Å². The fraction of sp³-hybridized carbons (Fsp3) is 0.438. The van der Waals surface area contributed by atoms with Crippen molar-refractivity contribution in [2.45, 2.75) is 19.4 Å². The summed E-state index contributed by atoms with van der Waals surface area (Å²) in [7, 11) is 1.62. The molecule has 1 unspecified atom stereocenters. The van der Waals surface area contributed by atoms with Crippen LogP contribution in [0.3, 0.4) is 0 Å². The molecule has 1 aromatic carbocycles. The van der Waals surface area contributed by atoms with Gasteiger partial charge in [-0.1, -0.05) is 24.8 Å². The van der Waals surface area contributed by atoms with Gasteiger partial charge < -0.3 is 14.4 Å². The summed E-state index contributed by atoms with van der Waals surface area (Å²) in [5.41, 5.74) is 1.89. The molecule has 1 fully saturated rings. The Bertz CT molecular complexity index is 498. The van der Waals surface area contributed by atoms with E-state index < -0.39 is 0 Å². The molecular formula is C16H21NO3. The molecule has 4 nitrogen and oxygen atoms in total. The molecule has 1 amide bonds. The molecule has 1 atom stereocenters. The molecule has 1 heterocycles. The third-order valence-electron chi connectivity index (χ3n) is 3.48. The van der Waals surface area contributed by atoms with Gasteiger partial charge in [0.25, 0.3) is 0 Å². The number of carbonyl (C=O) groups is 1. The molecule has 0 spiro atoms. The second kappa shape index (κ2) is 6.57. The summed E-state index contributed by atoms with van der Waals surface area (Å²) >= 11 is 0. The van der Waals surface area contributed by atoms with Crippen molar-refractivity contribution in [3.63, 3.8) is 0 Å². The lowest BCUT2D eigenvalue weighted by atomic mass is 10.1. The average Bonchev–Trinajstić information content (AvgIpc) is 2.47. The predicted molar refractivity (Wildman–Crippen MR) is 78.8 cm³/mol. The van der Waals surface area contributed by atoms with Crippen LogP contribution in [0.5, 0.6) is 5.75 Å². The Balaban J connectivity index is 2.08. The van der Waals surface area contributed by atoms with Crippen molar-refractivity contribution in [2.75, 3.05) is 26.8 Å². The zero-order valence-electron chi connectivity index (χ0n) is 12.1. The van der Waals surface area contributed by atoms with Crippen molar-refractivity contribution in [1.82, 2.24) is 4.90 Å². The van der Waals surface area contributed by atoms with Crippen molar-refractivity contribution in [1.29, 1.82) is 0 Å². The van der Waals surface area contributed by atoms with Crippen molar-refractivity contribution >= 4 is 12.0 Å². The fourth-order valence-corrected chi connectivity index (χ4v) is 2.35. The van der Waals surface area contributed by atoms with Crippen LogP contribution in [0.2, 0.25) is 0 Å². The molecule has 0 bridgehead atoms. The molecule has 20 heavy (non-hydrogen) atoms. The molecule has 1 aromatic rings. The highest BCUT2D eigenvalue weighted by Crippen LogP contribution is 2.22. The lowest BCUT2D eigenvalue weighted by Crippen LogP contribution is -2.45. The molecule has 0 N–H and O–H groups in total. The number of amides is 1. The smallest absolute Gasteiger partial charge is 0.227 e. The molecule has 0 radical (unpaired) electrons. The van der Waals surface area contributed by atoms with Gasteiger partial charge in [-0.05, 0) is 18.6 Å². The van der Waals surface area contributed by atoms with E-state index in [0.717, 1.165) is 16.9 Å². The average molecular weight is 275 g/mol. The first-order valence-electron chi connectivity index (χ1n) is 6.82. The number of methoxy groups -OCH3 is 1. The van der Waals surface area contributed by atoms with E-state index >= 15 is 0 Å². The molecule has 1 aliphatic rings. The van der Waals surface area contributed by atoms with Crippen LogP contribution in [0, 0.1) is 0 Å². The Morgan fingerprint density at radius 1 is 1.60 bits per heavy atom. The lowest BCUT2D eigenvalue weighted by molar-refractivity contribution is -0.137. The van der Waals surface area contributed by atoms with Crippen LogP contribution in [0.1, 0.15) is 18.1 Å². The first-order chi connectivity index (χ1) is 9.63. The number of rotatable bonds is 4. The van der Waals surface area contributed by atoms with Crippen LogP contribution in [0.25, 0.3) is 6.08 Å². The van der Waals surface area contributed by atoms with E-state index in [9.17, 15) is 4.79 Å². The third kappa shape index (κ3) is 3.39. The van der Waals surface area contributed by atoms with E-state index in [1.807, 2.05) is 30.0 Å². The number of hydrogen-bond donors (Lipinski definition) is 0. The maximum Gasteiger partial charge on any atom is 0.227 e. The van der Waals surface area contributed by atoms with E-state index in [0.29, 0.717) is 26.1 Å². The number of nitrogens with zero attached hydrogens (tertiary/aromatic N) is 1. The molecule has 0 aliphatic carbocycles. The lowest BCUT2D eigenvalue weighted by Gasteiger charge is -2.31. The normalized spacial score (nSPS) is 18.7. The highest BCUT2D eigenvalue weighted by molar-refractivity contribution is 5.80. The monoisotopic (exact) mass is 275 g/mol. The molecule has 2 rings (SSSR count). The Hall–Kier alpha value is -1.81. The van der Waals surface area contributed by atoms with Gasteiger partial charge in [0, 0.05) is 18.7 Å². The van der Waals surface area contributed by atoms with Crippen LogP contribution in [0.4, 0.5) is 0 Å². The van der Waals surface area contributed by atoms with Gasteiger partial charge in [-0.2, -0.15) is 0 Å². The standard InChI is InChI=1S/C16H21NO3/c1-4-13-5-6-14(15(9-13)19-3)10-16(18)17-7-8-20-12(2)11-17/h4-6,9,12H,1,7-8,10-11H2,2-3H3. The van der Waals surface area contributed by atoms with Crippen LogP contribution < -0.4 is 4.74 Å². The maximum atomic E-state index is 12.3. The topological polar surface area (TPSA) is 38.8 Å². The molecule has 1 saturated heterocycles. The second-order valence-electron chi connectivity index (χ2n) is 4.97. The summed E-state index contributed by atoms with van der Waals surface area (Å²) in [5, 5.41) is 0.